The highest BCUT2D eigenvalue weighted by Gasteiger charge is 2.47. The molecule has 39 heavy (non-hydrogen) atoms. The first-order valence-electron chi connectivity index (χ1n) is 14.2. The Bertz CT molecular complexity index is 802. The molecule has 2 aliphatic heterocycles. The summed E-state index contributed by atoms with van der Waals surface area (Å²) < 4.78 is 10.5. The smallest absolute Gasteiger partial charge is 0.410 e. The van der Waals surface area contributed by atoms with Crippen LogP contribution in [0.1, 0.15) is 82.1 Å². The largest absolute Gasteiger partial charge is 0.444 e. The second-order valence-corrected chi connectivity index (χ2v) is 12.6. The summed E-state index contributed by atoms with van der Waals surface area (Å²) in [6, 6.07) is 0. The highest BCUT2D eigenvalue weighted by Crippen LogP contribution is 2.28. The number of hydrogen-bond donors (Lipinski definition) is 2. The van der Waals surface area contributed by atoms with Crippen molar-refractivity contribution in [1.82, 2.24) is 19.6 Å². The predicted molar refractivity (Wildman–Crippen MR) is 150 cm³/mol. The van der Waals surface area contributed by atoms with Gasteiger partial charge in [-0.05, 0) is 74.9 Å². The van der Waals surface area contributed by atoms with Crippen molar-refractivity contribution in [1.29, 1.82) is 0 Å². The summed E-state index contributed by atoms with van der Waals surface area (Å²) in [5, 5.41) is 20.5. The molecule has 0 radical (unpaired) electrons. The Morgan fingerprint density at radius 2 is 1.10 bits per heavy atom. The molecule has 2 N–H and O–H groups in total. The maximum atomic E-state index is 12.0. The fourth-order valence-corrected chi connectivity index (χ4v) is 4.39. The molecule has 0 spiro atoms. The zero-order valence-electron chi connectivity index (χ0n) is 26.0. The molecule has 2 heterocycles. The van der Waals surface area contributed by atoms with E-state index in [1.165, 1.54) is 4.90 Å². The maximum Gasteiger partial charge on any atom is 0.410 e. The van der Waals surface area contributed by atoms with Crippen LogP contribution in [-0.2, 0) is 14.3 Å². The molecular weight excluding hydrogens is 504 g/mol. The third-order valence-electron chi connectivity index (χ3n) is 6.63. The molecule has 0 aromatic heterocycles. The molecule has 3 amide bonds. The lowest BCUT2D eigenvalue weighted by atomic mass is 9.90. The summed E-state index contributed by atoms with van der Waals surface area (Å²) >= 11 is 0. The van der Waals surface area contributed by atoms with Crippen molar-refractivity contribution in [3.63, 3.8) is 0 Å². The Kier molecular flexibility index (Phi) is 12.5. The van der Waals surface area contributed by atoms with E-state index in [1.54, 1.807) is 30.6 Å². The second-order valence-electron chi connectivity index (χ2n) is 12.6. The summed E-state index contributed by atoms with van der Waals surface area (Å²) in [6.45, 7) is 24.1. The van der Waals surface area contributed by atoms with Gasteiger partial charge >= 0.3 is 12.2 Å². The van der Waals surface area contributed by atoms with Crippen LogP contribution in [0.4, 0.5) is 9.59 Å². The average Bonchev–Trinajstić information content (AvgIpc) is 2.75. The summed E-state index contributed by atoms with van der Waals surface area (Å²) in [5.41, 5.74) is -2.89. The molecular formula is C28H54N4O7. The Hall–Kier alpha value is -2.11. The van der Waals surface area contributed by atoms with Crippen molar-refractivity contribution < 1.29 is 34.1 Å². The molecule has 0 bridgehead atoms. The molecule has 0 unspecified atom stereocenters. The molecule has 2 fully saturated rings. The van der Waals surface area contributed by atoms with E-state index >= 15 is 0 Å². The summed E-state index contributed by atoms with van der Waals surface area (Å²) in [7, 11) is 0. The standard InChI is InChI=1S/C14H26N2O4.C14H28N2O3/c1-6-15(7-2)11(17)8-14(19)9-16(10-14)12(18)20-13(3,4)5;1-6-15(7-2)9-8-14(18)10-16(11-14)12(17)19-13(3,4)5/h19H,6-10H2,1-5H3;18H,6-11H2,1-5H3. The average molecular weight is 559 g/mol. The van der Waals surface area contributed by atoms with E-state index in [0.717, 1.165) is 19.6 Å². The van der Waals surface area contributed by atoms with Gasteiger partial charge < -0.3 is 39.3 Å². The van der Waals surface area contributed by atoms with Crippen LogP contribution in [-0.4, -0.2) is 129 Å². The number of carbonyl (C=O) groups excluding carboxylic acids is 3. The molecule has 11 nitrogen and oxygen atoms in total. The van der Waals surface area contributed by atoms with E-state index in [-0.39, 0.29) is 31.5 Å². The summed E-state index contributed by atoms with van der Waals surface area (Å²) in [6.07, 6.45) is -0.0282. The lowest BCUT2D eigenvalue weighted by molar-refractivity contribution is -0.146. The van der Waals surface area contributed by atoms with E-state index in [0.29, 0.717) is 32.6 Å². The van der Waals surface area contributed by atoms with Gasteiger partial charge in [-0.2, -0.15) is 0 Å². The van der Waals surface area contributed by atoms with Gasteiger partial charge in [0.25, 0.3) is 0 Å². The Morgan fingerprint density at radius 3 is 1.44 bits per heavy atom. The zero-order chi connectivity index (χ0) is 30.2. The SMILES string of the molecule is CCN(CC)C(=O)CC1(O)CN(C(=O)OC(C)(C)C)C1.CCN(CC)CCC1(O)CN(C(=O)OC(C)(C)C)C1. The van der Waals surface area contributed by atoms with Crippen molar-refractivity contribution in [3.8, 4) is 0 Å². The number of hydrogen-bond acceptors (Lipinski definition) is 8. The fraction of sp³-hybridized carbons (Fsp3) is 0.893. The zero-order valence-corrected chi connectivity index (χ0v) is 26.0. The van der Waals surface area contributed by atoms with Crippen LogP contribution < -0.4 is 0 Å². The third kappa shape index (κ3) is 11.9. The topological polar surface area (TPSA) is 123 Å². The number of likely N-dealkylation sites (tertiary alicyclic amines) is 2. The Labute approximate surface area is 235 Å². The lowest BCUT2D eigenvalue weighted by Gasteiger charge is -2.47. The van der Waals surface area contributed by atoms with Gasteiger partial charge in [-0.25, -0.2) is 9.59 Å². The number of nitrogens with zero attached hydrogens (tertiary/aromatic N) is 4. The highest BCUT2D eigenvalue weighted by atomic mass is 16.6. The van der Waals surface area contributed by atoms with Crippen LogP contribution in [0, 0.1) is 0 Å². The van der Waals surface area contributed by atoms with E-state index in [2.05, 4.69) is 18.7 Å². The van der Waals surface area contributed by atoms with Gasteiger partial charge in [-0.1, -0.05) is 13.8 Å². The van der Waals surface area contributed by atoms with Gasteiger partial charge in [-0.3, -0.25) is 4.79 Å². The molecule has 2 rings (SSSR count). The summed E-state index contributed by atoms with van der Waals surface area (Å²) in [4.78, 5) is 42.4. The minimum Gasteiger partial charge on any atom is -0.444 e. The molecule has 11 heteroatoms. The lowest BCUT2D eigenvalue weighted by Crippen LogP contribution is -2.65. The number of ether oxygens (including phenoxy) is 2. The van der Waals surface area contributed by atoms with Crippen molar-refractivity contribution >= 4 is 18.1 Å². The van der Waals surface area contributed by atoms with Crippen LogP contribution in [0.25, 0.3) is 0 Å². The van der Waals surface area contributed by atoms with E-state index in [9.17, 15) is 24.6 Å². The van der Waals surface area contributed by atoms with E-state index in [4.69, 9.17) is 9.47 Å². The quantitative estimate of drug-likeness (QED) is 0.443. The van der Waals surface area contributed by atoms with Crippen LogP contribution in [0.5, 0.6) is 0 Å². The van der Waals surface area contributed by atoms with Crippen LogP contribution in [0.15, 0.2) is 0 Å². The van der Waals surface area contributed by atoms with Crippen LogP contribution >= 0.6 is 0 Å². The molecule has 2 aliphatic rings. The van der Waals surface area contributed by atoms with Gasteiger partial charge in [0, 0.05) is 19.6 Å². The first kappa shape index (κ1) is 34.9. The minimum absolute atomic E-state index is 0.0496. The number of carbonyl (C=O) groups is 3. The molecule has 0 aliphatic carbocycles. The highest BCUT2D eigenvalue weighted by molar-refractivity contribution is 5.78. The fourth-order valence-electron chi connectivity index (χ4n) is 4.39. The van der Waals surface area contributed by atoms with E-state index in [1.807, 2.05) is 34.6 Å². The monoisotopic (exact) mass is 558 g/mol. The molecule has 0 atom stereocenters. The number of rotatable bonds is 9. The number of β-amino-alcohol motifs (C(OH)–C–C–N with tert-alkyl or cyclic N) is 2. The van der Waals surface area contributed by atoms with Gasteiger partial charge in [0.2, 0.25) is 5.91 Å². The first-order chi connectivity index (χ1) is 17.8. The van der Waals surface area contributed by atoms with Crippen molar-refractivity contribution in [2.75, 3.05) is 58.9 Å². The number of amides is 3. The van der Waals surface area contributed by atoms with Crippen molar-refractivity contribution in [3.05, 3.63) is 0 Å². The first-order valence-corrected chi connectivity index (χ1v) is 14.2. The molecule has 0 saturated carbocycles. The van der Waals surface area contributed by atoms with Crippen LogP contribution in [0.3, 0.4) is 0 Å². The number of aliphatic hydroxyl groups is 2. The van der Waals surface area contributed by atoms with Crippen molar-refractivity contribution in [2.45, 2.75) is 104 Å². The summed E-state index contributed by atoms with van der Waals surface area (Å²) in [5.74, 6) is -0.0821. The maximum absolute atomic E-state index is 12.0. The van der Waals surface area contributed by atoms with Gasteiger partial charge in [0.05, 0.1) is 32.6 Å². The molecule has 0 aromatic rings. The van der Waals surface area contributed by atoms with E-state index < -0.39 is 28.5 Å². The predicted octanol–water partition coefficient (Wildman–Crippen LogP) is 2.93. The Balaban J connectivity index is 0.000000391. The second kappa shape index (κ2) is 14.0. The van der Waals surface area contributed by atoms with Crippen LogP contribution in [0.2, 0.25) is 0 Å². The Morgan fingerprint density at radius 1 is 0.718 bits per heavy atom. The third-order valence-corrected chi connectivity index (χ3v) is 6.63. The minimum atomic E-state index is -1.11. The normalized spacial score (nSPS) is 17.9. The van der Waals surface area contributed by atoms with Gasteiger partial charge in [-0.15, -0.1) is 0 Å². The van der Waals surface area contributed by atoms with Gasteiger partial charge in [0.15, 0.2) is 0 Å². The molecule has 228 valence electrons. The molecule has 0 aromatic carbocycles. The molecule has 2 saturated heterocycles. The van der Waals surface area contributed by atoms with Crippen molar-refractivity contribution in [2.24, 2.45) is 0 Å². The van der Waals surface area contributed by atoms with Gasteiger partial charge in [0.1, 0.15) is 22.4 Å².